The van der Waals surface area contributed by atoms with Crippen molar-refractivity contribution in [1.29, 1.82) is 0 Å². The summed E-state index contributed by atoms with van der Waals surface area (Å²) in [5.41, 5.74) is 2.88. The highest BCUT2D eigenvalue weighted by Crippen LogP contribution is 2.35. The SMILES string of the molecule is COc1cc(CNc2cc(Cl)ccc2Cl)c(Br)cc1OCc1ccccc1. The van der Waals surface area contributed by atoms with Gasteiger partial charge in [0.2, 0.25) is 0 Å². The second kappa shape index (κ2) is 9.36. The summed E-state index contributed by atoms with van der Waals surface area (Å²) in [6, 6.07) is 19.2. The van der Waals surface area contributed by atoms with Crippen molar-refractivity contribution in [1.82, 2.24) is 0 Å². The van der Waals surface area contributed by atoms with E-state index >= 15 is 0 Å². The van der Waals surface area contributed by atoms with Gasteiger partial charge in [-0.15, -0.1) is 0 Å². The van der Waals surface area contributed by atoms with Gasteiger partial charge in [-0.2, -0.15) is 0 Å². The molecule has 0 amide bonds. The lowest BCUT2D eigenvalue weighted by Crippen LogP contribution is -2.03. The summed E-state index contributed by atoms with van der Waals surface area (Å²) >= 11 is 15.9. The van der Waals surface area contributed by atoms with Crippen molar-refractivity contribution in [2.24, 2.45) is 0 Å². The van der Waals surface area contributed by atoms with Gasteiger partial charge in [0.15, 0.2) is 11.5 Å². The third-order valence-corrected chi connectivity index (χ3v) is 5.27. The first-order valence-corrected chi connectivity index (χ1v) is 9.84. The smallest absolute Gasteiger partial charge is 0.162 e. The molecule has 0 bridgehead atoms. The molecule has 6 heteroatoms. The Balaban J connectivity index is 1.74. The number of hydrogen-bond donors (Lipinski definition) is 1. The van der Waals surface area contributed by atoms with E-state index < -0.39 is 0 Å². The summed E-state index contributed by atoms with van der Waals surface area (Å²) in [4.78, 5) is 0. The van der Waals surface area contributed by atoms with Crippen molar-refractivity contribution in [3.8, 4) is 11.5 Å². The van der Waals surface area contributed by atoms with Crippen molar-refractivity contribution in [3.05, 3.63) is 86.3 Å². The number of benzene rings is 3. The van der Waals surface area contributed by atoms with E-state index in [-0.39, 0.29) is 0 Å². The second-order valence-corrected chi connectivity index (χ2v) is 7.54. The Morgan fingerprint density at radius 1 is 0.963 bits per heavy atom. The summed E-state index contributed by atoms with van der Waals surface area (Å²) in [5, 5.41) is 4.54. The zero-order valence-electron chi connectivity index (χ0n) is 14.6. The van der Waals surface area contributed by atoms with Crippen LogP contribution in [-0.2, 0) is 13.2 Å². The number of hydrogen-bond acceptors (Lipinski definition) is 3. The number of methoxy groups -OCH3 is 1. The molecule has 3 rings (SSSR count). The maximum absolute atomic E-state index is 6.21. The van der Waals surface area contributed by atoms with Gasteiger partial charge in [0.1, 0.15) is 6.61 Å². The van der Waals surface area contributed by atoms with Gasteiger partial charge in [-0.25, -0.2) is 0 Å². The van der Waals surface area contributed by atoms with E-state index in [4.69, 9.17) is 32.7 Å². The molecule has 0 spiro atoms. The molecule has 0 atom stereocenters. The highest BCUT2D eigenvalue weighted by molar-refractivity contribution is 9.10. The Morgan fingerprint density at radius 2 is 1.74 bits per heavy atom. The monoisotopic (exact) mass is 465 g/mol. The van der Waals surface area contributed by atoms with Gasteiger partial charge < -0.3 is 14.8 Å². The molecular weight excluding hydrogens is 449 g/mol. The van der Waals surface area contributed by atoms with Gasteiger partial charge in [-0.1, -0.05) is 69.5 Å². The van der Waals surface area contributed by atoms with Crippen LogP contribution < -0.4 is 14.8 Å². The quantitative estimate of drug-likeness (QED) is 0.408. The molecule has 3 aromatic carbocycles. The van der Waals surface area contributed by atoms with Crippen LogP contribution in [0.1, 0.15) is 11.1 Å². The summed E-state index contributed by atoms with van der Waals surface area (Å²) in [6.45, 7) is 1.02. The maximum atomic E-state index is 6.21. The summed E-state index contributed by atoms with van der Waals surface area (Å²) in [5.74, 6) is 1.35. The minimum atomic E-state index is 0.472. The number of anilines is 1. The van der Waals surface area contributed by atoms with Gasteiger partial charge in [-0.3, -0.25) is 0 Å². The van der Waals surface area contributed by atoms with Crippen LogP contribution in [0.5, 0.6) is 11.5 Å². The lowest BCUT2D eigenvalue weighted by atomic mass is 10.2. The highest BCUT2D eigenvalue weighted by atomic mass is 79.9. The normalized spacial score (nSPS) is 10.5. The zero-order valence-corrected chi connectivity index (χ0v) is 17.7. The van der Waals surface area contributed by atoms with Gasteiger partial charge in [0.05, 0.1) is 17.8 Å². The maximum Gasteiger partial charge on any atom is 0.162 e. The van der Waals surface area contributed by atoms with E-state index in [2.05, 4.69) is 21.2 Å². The van der Waals surface area contributed by atoms with Crippen LogP contribution in [0.4, 0.5) is 5.69 Å². The summed E-state index contributed by atoms with van der Waals surface area (Å²) in [7, 11) is 1.63. The zero-order chi connectivity index (χ0) is 19.2. The standard InChI is InChI=1S/C21H18BrCl2NO2/c1-26-20-9-15(12-25-19-10-16(23)7-8-18(19)24)17(22)11-21(20)27-13-14-5-3-2-4-6-14/h2-11,25H,12-13H2,1H3. The Labute approximate surface area is 177 Å². The fourth-order valence-corrected chi connectivity index (χ4v) is 3.36. The molecule has 0 radical (unpaired) electrons. The average molecular weight is 467 g/mol. The minimum absolute atomic E-state index is 0.472. The number of ether oxygens (including phenoxy) is 2. The lowest BCUT2D eigenvalue weighted by molar-refractivity contribution is 0.284. The van der Waals surface area contributed by atoms with Crippen molar-refractivity contribution < 1.29 is 9.47 Å². The minimum Gasteiger partial charge on any atom is -0.493 e. The molecule has 27 heavy (non-hydrogen) atoms. The van der Waals surface area contributed by atoms with E-state index in [1.165, 1.54) is 0 Å². The molecule has 0 heterocycles. The van der Waals surface area contributed by atoms with Crippen LogP contribution in [0.25, 0.3) is 0 Å². The molecule has 0 saturated carbocycles. The molecule has 0 aliphatic heterocycles. The van der Waals surface area contributed by atoms with E-state index in [0.717, 1.165) is 21.3 Å². The summed E-state index contributed by atoms with van der Waals surface area (Å²) in [6.07, 6.45) is 0. The molecule has 1 N–H and O–H groups in total. The first-order chi connectivity index (χ1) is 13.1. The fraction of sp³-hybridized carbons (Fsp3) is 0.143. The van der Waals surface area contributed by atoms with Crippen molar-refractivity contribution >= 4 is 44.8 Å². The average Bonchev–Trinajstić information content (AvgIpc) is 2.68. The van der Waals surface area contributed by atoms with Gasteiger partial charge in [-0.05, 0) is 41.5 Å². The van der Waals surface area contributed by atoms with Crippen LogP contribution in [-0.4, -0.2) is 7.11 Å². The Hall–Kier alpha value is -1.88. The van der Waals surface area contributed by atoms with Gasteiger partial charge in [0.25, 0.3) is 0 Å². The van der Waals surface area contributed by atoms with E-state index in [9.17, 15) is 0 Å². The molecule has 140 valence electrons. The van der Waals surface area contributed by atoms with Crippen LogP contribution in [0, 0.1) is 0 Å². The van der Waals surface area contributed by atoms with Crippen LogP contribution in [0.3, 0.4) is 0 Å². The molecule has 0 aliphatic carbocycles. The Morgan fingerprint density at radius 3 is 2.48 bits per heavy atom. The molecule has 0 aliphatic rings. The third kappa shape index (κ3) is 5.32. The van der Waals surface area contributed by atoms with E-state index in [1.54, 1.807) is 25.3 Å². The van der Waals surface area contributed by atoms with Crippen molar-refractivity contribution in [3.63, 3.8) is 0 Å². The van der Waals surface area contributed by atoms with E-state index in [1.807, 2.05) is 42.5 Å². The second-order valence-electron chi connectivity index (χ2n) is 5.85. The molecule has 0 aromatic heterocycles. The molecule has 0 fully saturated rings. The third-order valence-electron chi connectivity index (χ3n) is 3.97. The molecule has 3 nitrogen and oxygen atoms in total. The number of rotatable bonds is 7. The van der Waals surface area contributed by atoms with Crippen LogP contribution in [0.15, 0.2) is 65.1 Å². The first-order valence-electron chi connectivity index (χ1n) is 8.29. The molecular formula is C21H18BrCl2NO2. The highest BCUT2D eigenvalue weighted by Gasteiger charge is 2.11. The van der Waals surface area contributed by atoms with Crippen molar-refractivity contribution in [2.75, 3.05) is 12.4 Å². The largest absolute Gasteiger partial charge is 0.493 e. The van der Waals surface area contributed by atoms with Crippen LogP contribution in [0.2, 0.25) is 10.0 Å². The predicted octanol–water partition coefficient (Wildman–Crippen LogP) is 6.96. The topological polar surface area (TPSA) is 30.5 Å². The van der Waals surface area contributed by atoms with Gasteiger partial charge in [0, 0.05) is 16.0 Å². The van der Waals surface area contributed by atoms with Crippen molar-refractivity contribution in [2.45, 2.75) is 13.2 Å². The fourth-order valence-electron chi connectivity index (χ4n) is 2.54. The Bertz CT molecular complexity index is 920. The Kier molecular flexibility index (Phi) is 6.89. The molecule has 0 saturated heterocycles. The van der Waals surface area contributed by atoms with E-state index in [0.29, 0.717) is 34.7 Å². The molecule has 0 unspecified atom stereocenters. The first kappa shape index (κ1) is 19.9. The summed E-state index contributed by atoms with van der Waals surface area (Å²) < 4.78 is 12.4. The predicted molar refractivity (Wildman–Crippen MR) is 115 cm³/mol. The lowest BCUT2D eigenvalue weighted by Gasteiger charge is -2.15. The van der Waals surface area contributed by atoms with Crippen LogP contribution >= 0.6 is 39.1 Å². The number of nitrogens with one attached hydrogen (secondary N) is 1. The molecule has 3 aromatic rings. The van der Waals surface area contributed by atoms with Gasteiger partial charge >= 0.3 is 0 Å². The number of halogens is 3.